The number of carbonyl (C=O) groups excluding carboxylic acids is 3. The van der Waals surface area contributed by atoms with Crippen molar-refractivity contribution in [1.29, 1.82) is 0 Å². The molecule has 0 aliphatic carbocycles. The second kappa shape index (κ2) is 10.2. The number of hydrogen-bond acceptors (Lipinski definition) is 5. The molecule has 6 rings (SSSR count). The highest BCUT2D eigenvalue weighted by atomic mass is 35.5. The predicted molar refractivity (Wildman–Crippen MR) is 155 cm³/mol. The standard InChI is InChI=1S/C29H24ClN5O3S/c1-2-23(36)34-13-5-9-20(16-34)32-27(37)26-25-24-22(11-12-31-28(24)39-26)35(29(38)33-25)21-10-4-7-18(15-21)17-6-3-8-19(30)14-17/h2-4,6-8,10-12,14-15,20H,1,5,9,13,16H2,(H,32,37)(H,33,38)/t20-/m1/s1. The van der Waals surface area contributed by atoms with Crippen LogP contribution in [0, 0.1) is 0 Å². The smallest absolute Gasteiger partial charge is 0.331 e. The van der Waals surface area contributed by atoms with Crippen molar-refractivity contribution in [3.05, 3.63) is 83.3 Å². The van der Waals surface area contributed by atoms with Gasteiger partial charge in [0.2, 0.25) is 5.91 Å². The maximum Gasteiger partial charge on any atom is 0.331 e. The molecule has 2 N–H and O–H groups in total. The van der Waals surface area contributed by atoms with Crippen LogP contribution in [0.1, 0.15) is 22.5 Å². The maximum atomic E-state index is 13.5. The van der Waals surface area contributed by atoms with Gasteiger partial charge in [-0.3, -0.25) is 14.5 Å². The summed E-state index contributed by atoms with van der Waals surface area (Å²) in [5.41, 5.74) is 3.64. The summed E-state index contributed by atoms with van der Waals surface area (Å²) in [5.74, 6) is -0.444. The fraction of sp³-hybridized carbons (Fsp3) is 0.172. The minimum Gasteiger partial charge on any atom is -0.347 e. The minimum atomic E-state index is -0.369. The fourth-order valence-corrected chi connectivity index (χ4v) is 6.38. The molecule has 4 amide bonds. The highest BCUT2D eigenvalue weighted by molar-refractivity contribution is 7.21. The number of urea groups is 1. The minimum absolute atomic E-state index is 0.147. The number of thiophene rings is 1. The summed E-state index contributed by atoms with van der Waals surface area (Å²) in [7, 11) is 0. The summed E-state index contributed by atoms with van der Waals surface area (Å²) in [6, 6.07) is 16.4. The largest absolute Gasteiger partial charge is 0.347 e. The summed E-state index contributed by atoms with van der Waals surface area (Å²) in [6.45, 7) is 4.62. The first kappa shape index (κ1) is 25.1. The van der Waals surface area contributed by atoms with Crippen molar-refractivity contribution in [3.8, 4) is 11.1 Å². The Bertz CT molecular complexity index is 1650. The van der Waals surface area contributed by atoms with Gasteiger partial charge in [-0.05, 0) is 60.4 Å². The molecule has 2 aliphatic heterocycles. The number of benzene rings is 2. The van der Waals surface area contributed by atoms with Gasteiger partial charge in [-0.25, -0.2) is 9.78 Å². The number of nitrogens with one attached hydrogen (secondary N) is 2. The van der Waals surface area contributed by atoms with Crippen LogP contribution in [0.25, 0.3) is 21.3 Å². The summed E-state index contributed by atoms with van der Waals surface area (Å²) in [4.78, 5) is 47.8. The van der Waals surface area contributed by atoms with Crippen molar-refractivity contribution in [3.63, 3.8) is 0 Å². The van der Waals surface area contributed by atoms with Crippen LogP contribution in [0.5, 0.6) is 0 Å². The summed E-state index contributed by atoms with van der Waals surface area (Å²) in [5, 5.41) is 7.34. The summed E-state index contributed by atoms with van der Waals surface area (Å²) >= 11 is 7.44. The van der Waals surface area contributed by atoms with E-state index in [1.807, 2.05) is 48.5 Å². The maximum absolute atomic E-state index is 13.5. The molecular weight excluding hydrogens is 534 g/mol. The van der Waals surface area contributed by atoms with Crippen LogP contribution in [0.4, 0.5) is 21.9 Å². The van der Waals surface area contributed by atoms with Crippen LogP contribution in [0.3, 0.4) is 0 Å². The Labute approximate surface area is 233 Å². The summed E-state index contributed by atoms with van der Waals surface area (Å²) in [6.07, 6.45) is 4.49. The molecule has 0 bridgehead atoms. The number of anilines is 3. The quantitative estimate of drug-likeness (QED) is 0.285. The molecule has 1 saturated heterocycles. The highest BCUT2D eigenvalue weighted by Crippen LogP contribution is 2.46. The molecule has 0 spiro atoms. The van der Waals surface area contributed by atoms with E-state index >= 15 is 0 Å². The molecule has 2 aromatic carbocycles. The molecule has 2 aliphatic rings. The zero-order chi connectivity index (χ0) is 27.1. The van der Waals surface area contributed by atoms with Crippen molar-refractivity contribution >= 4 is 68.1 Å². The van der Waals surface area contributed by atoms with E-state index in [4.69, 9.17) is 11.6 Å². The molecule has 196 valence electrons. The van der Waals surface area contributed by atoms with Crippen LogP contribution in [0.15, 0.2) is 73.4 Å². The number of aromatic nitrogens is 1. The normalized spacial score (nSPS) is 16.6. The van der Waals surface area contributed by atoms with Crippen molar-refractivity contribution in [1.82, 2.24) is 15.2 Å². The first-order valence-corrected chi connectivity index (χ1v) is 13.7. The Hall–Kier alpha value is -4.21. The monoisotopic (exact) mass is 557 g/mol. The number of rotatable bonds is 5. The van der Waals surface area contributed by atoms with Crippen molar-refractivity contribution in [2.75, 3.05) is 23.3 Å². The van der Waals surface area contributed by atoms with Crippen LogP contribution in [-0.4, -0.2) is 46.9 Å². The zero-order valence-electron chi connectivity index (χ0n) is 20.8. The van der Waals surface area contributed by atoms with Gasteiger partial charge in [-0.15, -0.1) is 11.3 Å². The number of nitrogens with zero attached hydrogens (tertiary/aromatic N) is 3. The van der Waals surface area contributed by atoms with Gasteiger partial charge in [0.15, 0.2) is 0 Å². The third-order valence-corrected chi connectivity index (χ3v) is 8.29. The van der Waals surface area contributed by atoms with Crippen molar-refractivity contribution in [2.45, 2.75) is 18.9 Å². The number of likely N-dealkylation sites (tertiary alicyclic amines) is 1. The van der Waals surface area contributed by atoms with Crippen LogP contribution in [-0.2, 0) is 4.79 Å². The first-order chi connectivity index (χ1) is 18.9. The van der Waals surface area contributed by atoms with E-state index in [-0.39, 0.29) is 23.9 Å². The number of hydrogen-bond donors (Lipinski definition) is 2. The van der Waals surface area contributed by atoms with Crippen LogP contribution in [0.2, 0.25) is 5.02 Å². The third-order valence-electron chi connectivity index (χ3n) is 6.96. The Morgan fingerprint density at radius 1 is 1.15 bits per heavy atom. The lowest BCUT2D eigenvalue weighted by Gasteiger charge is -2.32. The molecule has 10 heteroatoms. The summed E-state index contributed by atoms with van der Waals surface area (Å²) < 4.78 is 0. The molecule has 0 radical (unpaired) electrons. The number of halogens is 1. The lowest BCUT2D eigenvalue weighted by Crippen LogP contribution is -2.49. The highest BCUT2D eigenvalue weighted by Gasteiger charge is 2.34. The lowest BCUT2D eigenvalue weighted by molar-refractivity contribution is -0.127. The third kappa shape index (κ3) is 4.64. The van der Waals surface area contributed by atoms with E-state index in [9.17, 15) is 14.4 Å². The fourth-order valence-electron chi connectivity index (χ4n) is 5.17. The molecule has 0 unspecified atom stereocenters. The molecule has 2 aromatic heterocycles. The van der Waals surface area contributed by atoms with Gasteiger partial charge in [-0.2, -0.15) is 0 Å². The molecule has 8 nitrogen and oxygen atoms in total. The van der Waals surface area contributed by atoms with E-state index in [1.165, 1.54) is 17.4 Å². The van der Waals surface area contributed by atoms with Crippen LogP contribution >= 0.6 is 22.9 Å². The van der Waals surface area contributed by atoms with Gasteiger partial charge < -0.3 is 15.5 Å². The first-order valence-electron chi connectivity index (χ1n) is 12.5. The average molecular weight is 558 g/mol. The Kier molecular flexibility index (Phi) is 6.54. The zero-order valence-corrected chi connectivity index (χ0v) is 22.4. The van der Waals surface area contributed by atoms with E-state index < -0.39 is 0 Å². The van der Waals surface area contributed by atoms with Crippen molar-refractivity contribution < 1.29 is 14.4 Å². The molecule has 1 atom stereocenters. The van der Waals surface area contributed by atoms with E-state index in [0.717, 1.165) is 24.0 Å². The topological polar surface area (TPSA) is 94.6 Å². The van der Waals surface area contributed by atoms with E-state index in [0.29, 0.717) is 50.3 Å². The van der Waals surface area contributed by atoms with Crippen LogP contribution < -0.4 is 15.5 Å². The van der Waals surface area contributed by atoms with E-state index in [1.54, 1.807) is 22.1 Å². The second-order valence-corrected chi connectivity index (χ2v) is 10.9. The molecule has 0 saturated carbocycles. The number of pyridine rings is 1. The molecular formula is C29H24ClN5O3S. The Morgan fingerprint density at radius 2 is 1.95 bits per heavy atom. The molecule has 39 heavy (non-hydrogen) atoms. The molecule has 4 aromatic rings. The number of carbonyl (C=O) groups is 3. The molecule has 4 heterocycles. The Balaban J connectivity index is 1.33. The average Bonchev–Trinajstić information content (AvgIpc) is 3.32. The van der Waals surface area contributed by atoms with Gasteiger partial charge in [0.1, 0.15) is 9.71 Å². The van der Waals surface area contributed by atoms with Gasteiger partial charge in [0.25, 0.3) is 5.91 Å². The SMILES string of the molecule is C=CC(=O)N1CCC[C@@H](NC(=O)c2sc3nccc4c3c2NC(=O)N4c2cccc(-c3cccc(Cl)c3)c2)C1. The van der Waals surface area contributed by atoms with Gasteiger partial charge >= 0.3 is 6.03 Å². The van der Waals surface area contributed by atoms with E-state index in [2.05, 4.69) is 22.2 Å². The number of piperidine rings is 1. The van der Waals surface area contributed by atoms with Gasteiger partial charge in [-0.1, -0.05) is 42.4 Å². The number of amides is 4. The predicted octanol–water partition coefficient (Wildman–Crippen LogP) is 6.21. The second-order valence-electron chi connectivity index (χ2n) is 9.44. The Morgan fingerprint density at radius 3 is 2.74 bits per heavy atom. The molecule has 1 fully saturated rings. The van der Waals surface area contributed by atoms with Crippen molar-refractivity contribution in [2.24, 2.45) is 0 Å². The van der Waals surface area contributed by atoms with Gasteiger partial charge in [0.05, 0.1) is 22.4 Å². The van der Waals surface area contributed by atoms with Gasteiger partial charge in [0, 0.05) is 30.4 Å². The lowest BCUT2D eigenvalue weighted by atomic mass is 10.0.